The molecule has 0 saturated heterocycles. The number of rotatable bonds is 4. The highest BCUT2D eigenvalue weighted by Crippen LogP contribution is 2.29. The molecule has 0 spiro atoms. The minimum Gasteiger partial charge on any atom is -0.326 e. The predicted octanol–water partition coefficient (Wildman–Crippen LogP) is 3.93. The van der Waals surface area contributed by atoms with Gasteiger partial charge in [0.25, 0.3) is 5.69 Å². The number of thiocarbonyl (C=S) groups is 1. The summed E-state index contributed by atoms with van der Waals surface area (Å²) in [6, 6.07) is 10.4. The fourth-order valence-electron chi connectivity index (χ4n) is 1.85. The minimum absolute atomic E-state index is 0.0440. The third kappa shape index (κ3) is 5.24. The fourth-order valence-corrected chi connectivity index (χ4v) is 2.01. The van der Waals surface area contributed by atoms with Gasteiger partial charge in [0, 0.05) is 6.07 Å². The molecule has 0 bridgehead atoms. The molecule has 0 heterocycles. The smallest absolute Gasteiger partial charge is 0.326 e. The van der Waals surface area contributed by atoms with Gasteiger partial charge in [0.2, 0.25) is 0 Å². The third-order valence-electron chi connectivity index (χ3n) is 2.94. The lowest BCUT2D eigenvalue weighted by atomic mass is 10.1. The third-order valence-corrected chi connectivity index (χ3v) is 3.14. The minimum atomic E-state index is -4.44. The van der Waals surface area contributed by atoms with Crippen LogP contribution in [0.4, 0.5) is 24.5 Å². The summed E-state index contributed by atoms with van der Waals surface area (Å²) in [4.78, 5) is 10.3. The zero-order valence-corrected chi connectivity index (χ0v) is 13.3. The Labute approximate surface area is 145 Å². The quantitative estimate of drug-likeness (QED) is 0.370. The van der Waals surface area contributed by atoms with E-state index in [1.807, 2.05) is 0 Å². The molecular weight excluding hydrogens is 357 g/mol. The van der Waals surface area contributed by atoms with Gasteiger partial charge in [-0.1, -0.05) is 24.3 Å². The average Bonchev–Trinajstić information content (AvgIpc) is 2.54. The topological polar surface area (TPSA) is 79.6 Å². The number of para-hydroxylation sites is 2. The molecule has 0 unspecified atom stereocenters. The van der Waals surface area contributed by atoms with Gasteiger partial charge in [-0.2, -0.15) is 18.3 Å². The summed E-state index contributed by atoms with van der Waals surface area (Å²) in [5.74, 6) is 0. The first kappa shape index (κ1) is 18.3. The molecule has 6 nitrogen and oxygen atoms in total. The summed E-state index contributed by atoms with van der Waals surface area (Å²) in [7, 11) is 0. The molecule has 2 N–H and O–H groups in total. The van der Waals surface area contributed by atoms with E-state index in [2.05, 4.69) is 15.8 Å². The molecule has 2 aromatic carbocycles. The van der Waals surface area contributed by atoms with E-state index in [1.165, 1.54) is 30.3 Å². The van der Waals surface area contributed by atoms with E-state index in [-0.39, 0.29) is 22.1 Å². The molecule has 10 heteroatoms. The highest BCUT2D eigenvalue weighted by atomic mass is 32.1. The largest absolute Gasteiger partial charge is 0.416 e. The first-order chi connectivity index (χ1) is 11.8. The van der Waals surface area contributed by atoms with Crippen molar-refractivity contribution >= 4 is 34.9 Å². The van der Waals surface area contributed by atoms with Crippen LogP contribution >= 0.6 is 12.2 Å². The second-order valence-corrected chi connectivity index (χ2v) is 5.13. The summed E-state index contributed by atoms with van der Waals surface area (Å²) < 4.78 is 37.9. The average molecular weight is 368 g/mol. The molecule has 0 aliphatic rings. The monoisotopic (exact) mass is 368 g/mol. The van der Waals surface area contributed by atoms with Crippen LogP contribution in [0.25, 0.3) is 0 Å². The number of nitrogens with zero attached hydrogens (tertiary/aromatic N) is 2. The number of halogens is 3. The van der Waals surface area contributed by atoms with Gasteiger partial charge in [0.05, 0.1) is 16.7 Å². The maximum absolute atomic E-state index is 12.6. The highest BCUT2D eigenvalue weighted by molar-refractivity contribution is 7.80. The lowest BCUT2D eigenvalue weighted by Gasteiger charge is -2.08. The number of nitro groups is 1. The number of nitro benzene ring substituents is 1. The van der Waals surface area contributed by atoms with E-state index < -0.39 is 16.7 Å². The summed E-state index contributed by atoms with van der Waals surface area (Å²) in [5.41, 5.74) is 1.81. The van der Waals surface area contributed by atoms with E-state index in [4.69, 9.17) is 12.2 Å². The van der Waals surface area contributed by atoms with Gasteiger partial charge >= 0.3 is 6.18 Å². The first-order valence-electron chi connectivity index (χ1n) is 6.78. The van der Waals surface area contributed by atoms with Crippen molar-refractivity contribution < 1.29 is 18.1 Å². The number of hydrogen-bond acceptors (Lipinski definition) is 4. The Balaban J connectivity index is 2.01. The molecule has 0 fully saturated rings. The van der Waals surface area contributed by atoms with Crippen molar-refractivity contribution in [1.29, 1.82) is 0 Å². The van der Waals surface area contributed by atoms with Crippen molar-refractivity contribution in [2.24, 2.45) is 5.10 Å². The lowest BCUT2D eigenvalue weighted by Crippen LogP contribution is -2.24. The van der Waals surface area contributed by atoms with Crippen LogP contribution in [0.2, 0.25) is 0 Å². The van der Waals surface area contributed by atoms with Crippen molar-refractivity contribution in [3.05, 3.63) is 69.8 Å². The predicted molar refractivity (Wildman–Crippen MR) is 91.5 cm³/mol. The van der Waals surface area contributed by atoms with Crippen molar-refractivity contribution in [3.63, 3.8) is 0 Å². The summed E-state index contributed by atoms with van der Waals surface area (Å²) in [5, 5.41) is 17.2. The number of anilines is 1. The van der Waals surface area contributed by atoms with Gasteiger partial charge < -0.3 is 5.32 Å². The molecule has 2 aromatic rings. The van der Waals surface area contributed by atoms with Crippen molar-refractivity contribution in [3.8, 4) is 0 Å². The zero-order chi connectivity index (χ0) is 18.4. The SMILES string of the molecule is O=[N+]([O-])c1ccccc1NC(=S)N/N=C\c1cccc(C(F)(F)F)c1. The van der Waals surface area contributed by atoms with E-state index in [1.54, 1.807) is 6.07 Å². The van der Waals surface area contributed by atoms with Crippen molar-refractivity contribution in [1.82, 2.24) is 5.43 Å². The molecule has 2 rings (SSSR count). The molecule has 0 atom stereocenters. The highest BCUT2D eigenvalue weighted by Gasteiger charge is 2.30. The number of benzene rings is 2. The molecule has 130 valence electrons. The van der Waals surface area contributed by atoms with E-state index in [0.29, 0.717) is 0 Å². The van der Waals surface area contributed by atoms with Gasteiger partial charge in [-0.15, -0.1) is 0 Å². The molecule has 0 saturated carbocycles. The second kappa shape index (κ2) is 7.71. The lowest BCUT2D eigenvalue weighted by molar-refractivity contribution is -0.383. The van der Waals surface area contributed by atoms with Crippen LogP contribution in [0, 0.1) is 10.1 Å². The number of alkyl halides is 3. The molecule has 0 amide bonds. The Kier molecular flexibility index (Phi) is 5.65. The van der Waals surface area contributed by atoms with Crippen LogP contribution in [0.1, 0.15) is 11.1 Å². The Bertz CT molecular complexity index is 824. The van der Waals surface area contributed by atoms with Crippen LogP contribution < -0.4 is 10.7 Å². The van der Waals surface area contributed by atoms with Crippen LogP contribution in [0.3, 0.4) is 0 Å². The van der Waals surface area contributed by atoms with E-state index in [9.17, 15) is 23.3 Å². The molecule has 0 aliphatic heterocycles. The normalized spacial score (nSPS) is 11.3. The number of hydrogen-bond donors (Lipinski definition) is 2. The maximum Gasteiger partial charge on any atom is 0.416 e. The van der Waals surface area contributed by atoms with Gasteiger partial charge in [-0.3, -0.25) is 15.5 Å². The zero-order valence-electron chi connectivity index (χ0n) is 12.4. The number of nitrogens with one attached hydrogen (secondary N) is 2. The fraction of sp³-hybridized carbons (Fsp3) is 0.0667. The van der Waals surface area contributed by atoms with Gasteiger partial charge in [0.15, 0.2) is 5.11 Å². The standard InChI is InChI=1S/C15H11F3N4O2S/c16-15(17,18)11-5-3-4-10(8-11)9-19-21-14(25)20-12-6-1-2-7-13(12)22(23)24/h1-9H,(H2,20,21,25)/b19-9-. The van der Waals surface area contributed by atoms with Crippen molar-refractivity contribution in [2.75, 3.05) is 5.32 Å². The molecule has 25 heavy (non-hydrogen) atoms. The van der Waals surface area contributed by atoms with Crippen molar-refractivity contribution in [2.45, 2.75) is 6.18 Å². The van der Waals surface area contributed by atoms with Gasteiger partial charge in [-0.25, -0.2) is 0 Å². The molecular formula is C15H11F3N4O2S. The van der Waals surface area contributed by atoms with E-state index in [0.717, 1.165) is 18.3 Å². The van der Waals surface area contributed by atoms with Crippen LogP contribution in [-0.2, 0) is 6.18 Å². The van der Waals surface area contributed by atoms with Crippen LogP contribution in [0.15, 0.2) is 53.6 Å². The summed E-state index contributed by atoms with van der Waals surface area (Å²) in [6.07, 6.45) is -3.29. The molecule has 0 aliphatic carbocycles. The Morgan fingerprint density at radius 2 is 1.92 bits per heavy atom. The molecule has 0 radical (unpaired) electrons. The van der Waals surface area contributed by atoms with Gasteiger partial charge in [-0.05, 0) is 36.0 Å². The summed E-state index contributed by atoms with van der Waals surface area (Å²) >= 11 is 4.94. The van der Waals surface area contributed by atoms with Crippen LogP contribution in [-0.4, -0.2) is 16.3 Å². The van der Waals surface area contributed by atoms with Crippen LogP contribution in [0.5, 0.6) is 0 Å². The first-order valence-corrected chi connectivity index (χ1v) is 7.19. The molecule has 0 aromatic heterocycles. The summed E-state index contributed by atoms with van der Waals surface area (Å²) in [6.45, 7) is 0. The van der Waals surface area contributed by atoms with Gasteiger partial charge in [0.1, 0.15) is 5.69 Å². The maximum atomic E-state index is 12.6. The van der Waals surface area contributed by atoms with E-state index >= 15 is 0 Å². The second-order valence-electron chi connectivity index (χ2n) is 4.72. The Morgan fingerprint density at radius 3 is 2.60 bits per heavy atom. The Morgan fingerprint density at radius 1 is 1.20 bits per heavy atom. The number of hydrazone groups is 1. The Hall–Kier alpha value is -3.01.